The molecule has 9 atom stereocenters. The minimum atomic E-state index is -0.770. The van der Waals surface area contributed by atoms with Crippen LogP contribution in [0.2, 0.25) is 0 Å². The lowest BCUT2D eigenvalue weighted by atomic mass is 9.58. The number of nitrogens with zero attached hydrogens (tertiary/aromatic N) is 3. The van der Waals surface area contributed by atoms with Crippen molar-refractivity contribution in [3.63, 3.8) is 0 Å². The Hall–Kier alpha value is -1.35. The highest BCUT2D eigenvalue weighted by Crippen LogP contribution is 2.53. The lowest BCUT2D eigenvalue weighted by Crippen LogP contribution is -2.59. The average molecular weight is 815 g/mol. The minimum absolute atomic E-state index is 0.0743. The molecule has 0 aromatic heterocycles. The molecule has 9 unspecified atom stereocenters. The Balaban J connectivity index is 0.771. The Morgan fingerprint density at radius 2 is 1.24 bits per heavy atom. The molecule has 0 aromatic carbocycles. The van der Waals surface area contributed by atoms with Crippen molar-refractivity contribution >= 4 is 5.91 Å². The summed E-state index contributed by atoms with van der Waals surface area (Å²) in [4.78, 5) is 17.3. The van der Waals surface area contributed by atoms with Gasteiger partial charge in [-0.3, -0.25) is 9.69 Å². The Labute approximate surface area is 359 Å². The predicted octanol–water partition coefficient (Wildman–Crippen LogP) is 9.88. The SMILES string of the molecule is CC1CCC(N(C2CCC(C)CC2)C2CCC(/C=C/C3CCC(NC(=O)C4CC5CCC6C7CCCCC7NC6C5C(N=NC5CCC(N)CC5)C4O)CC3)CC2)CC1. The molecule has 9 aliphatic rings. The van der Waals surface area contributed by atoms with E-state index in [0.29, 0.717) is 29.8 Å². The fourth-order valence-electron chi connectivity index (χ4n) is 15.3. The van der Waals surface area contributed by atoms with Crippen LogP contribution in [0.5, 0.6) is 0 Å². The van der Waals surface area contributed by atoms with E-state index in [1.807, 2.05) is 0 Å². The van der Waals surface area contributed by atoms with Crippen LogP contribution in [0, 0.1) is 53.3 Å². The summed E-state index contributed by atoms with van der Waals surface area (Å²) in [6, 6.07) is 3.88. The molecule has 0 spiro atoms. The summed E-state index contributed by atoms with van der Waals surface area (Å²) in [5, 5.41) is 29.8. The van der Waals surface area contributed by atoms with Gasteiger partial charge in [-0.1, -0.05) is 38.8 Å². The van der Waals surface area contributed by atoms with Crippen LogP contribution < -0.4 is 16.4 Å². The van der Waals surface area contributed by atoms with Gasteiger partial charge < -0.3 is 21.5 Å². The van der Waals surface area contributed by atoms with E-state index in [0.717, 1.165) is 106 Å². The number of amides is 1. The number of carbonyl (C=O) groups excluding carboxylic acids is 1. The van der Waals surface area contributed by atoms with Gasteiger partial charge in [0.1, 0.15) is 6.04 Å². The first kappa shape index (κ1) is 42.9. The molecular weight excluding hydrogens is 729 g/mol. The second-order valence-corrected chi connectivity index (χ2v) is 22.8. The molecule has 8 saturated carbocycles. The smallest absolute Gasteiger partial charge is 0.226 e. The van der Waals surface area contributed by atoms with Crippen molar-refractivity contribution in [2.24, 2.45) is 69.2 Å². The van der Waals surface area contributed by atoms with Gasteiger partial charge in [0.2, 0.25) is 5.91 Å². The first-order valence-corrected chi connectivity index (χ1v) is 26.1. The van der Waals surface area contributed by atoms with E-state index < -0.39 is 12.0 Å². The van der Waals surface area contributed by atoms with Crippen LogP contribution in [0.1, 0.15) is 187 Å². The number of rotatable bonds is 9. The first-order chi connectivity index (χ1) is 28.8. The molecule has 8 aliphatic carbocycles. The minimum Gasteiger partial charge on any atom is -0.390 e. The van der Waals surface area contributed by atoms with Crippen molar-refractivity contribution < 1.29 is 9.90 Å². The Kier molecular flexibility index (Phi) is 14.2. The standard InChI is InChI=1S/C51H86N6O2/c1-32-7-24-40(25-8-32)57(41-26-9-33(2)10-27-41)42-28-15-35(16-29-42)12-11-34-13-20-38(21-14-34)53-51(59)45-31-36-17-30-44-43-5-3-4-6-46(43)54-48(44)47(36)49(50(45)58)56-55-39-22-18-37(52)19-23-39/h11-12,32-50,54,58H,3-10,13-31,52H2,1-2H3,(H,53,59)/b12-11+,56-55?. The summed E-state index contributed by atoms with van der Waals surface area (Å²) in [6.45, 7) is 4.94. The molecule has 0 bridgehead atoms. The summed E-state index contributed by atoms with van der Waals surface area (Å²) >= 11 is 0. The summed E-state index contributed by atoms with van der Waals surface area (Å²) in [6.07, 6.45) is 38.2. The van der Waals surface area contributed by atoms with E-state index in [4.69, 9.17) is 16.0 Å². The third-order valence-corrected chi connectivity index (χ3v) is 19.0. The maximum absolute atomic E-state index is 14.2. The number of hydrogen-bond donors (Lipinski definition) is 4. The van der Waals surface area contributed by atoms with E-state index >= 15 is 0 Å². The molecule has 0 aromatic rings. The number of aliphatic hydroxyl groups excluding tert-OH is 1. The number of nitrogens with one attached hydrogen (secondary N) is 2. The van der Waals surface area contributed by atoms with Gasteiger partial charge in [0.05, 0.1) is 18.1 Å². The van der Waals surface area contributed by atoms with Crippen molar-refractivity contribution in [1.82, 2.24) is 15.5 Å². The number of hydrogen-bond acceptors (Lipinski definition) is 7. The highest BCUT2D eigenvalue weighted by atomic mass is 16.3. The van der Waals surface area contributed by atoms with Crippen molar-refractivity contribution in [3.8, 4) is 0 Å². The van der Waals surface area contributed by atoms with Crippen molar-refractivity contribution in [2.45, 2.75) is 248 Å². The van der Waals surface area contributed by atoms with E-state index in [1.54, 1.807) is 0 Å². The van der Waals surface area contributed by atoms with E-state index in [9.17, 15) is 9.90 Å². The van der Waals surface area contributed by atoms with Crippen LogP contribution >= 0.6 is 0 Å². The zero-order chi connectivity index (χ0) is 40.5. The summed E-state index contributed by atoms with van der Waals surface area (Å²) in [5.41, 5.74) is 6.23. The maximum Gasteiger partial charge on any atom is 0.226 e. The molecule has 1 aliphatic heterocycles. The molecule has 5 N–H and O–H groups in total. The highest BCUT2D eigenvalue weighted by molar-refractivity contribution is 5.80. The zero-order valence-corrected chi connectivity index (χ0v) is 37.5. The lowest BCUT2D eigenvalue weighted by molar-refractivity contribution is -0.136. The fraction of sp³-hybridized carbons (Fsp3) is 0.941. The van der Waals surface area contributed by atoms with E-state index in [1.165, 1.54) is 109 Å². The average Bonchev–Trinajstić information content (AvgIpc) is 3.64. The molecule has 8 heteroatoms. The zero-order valence-electron chi connectivity index (χ0n) is 37.5. The van der Waals surface area contributed by atoms with Crippen LogP contribution in [-0.2, 0) is 4.79 Å². The van der Waals surface area contributed by atoms with Crippen molar-refractivity contribution in [1.29, 1.82) is 0 Å². The summed E-state index contributed by atoms with van der Waals surface area (Å²) < 4.78 is 0. The van der Waals surface area contributed by atoms with Crippen molar-refractivity contribution in [3.05, 3.63) is 12.2 Å². The second-order valence-electron chi connectivity index (χ2n) is 22.8. The quantitative estimate of drug-likeness (QED) is 0.137. The molecule has 9 rings (SSSR count). The van der Waals surface area contributed by atoms with Crippen LogP contribution in [0.3, 0.4) is 0 Å². The third kappa shape index (κ3) is 9.91. The largest absolute Gasteiger partial charge is 0.390 e. The van der Waals surface area contributed by atoms with Gasteiger partial charge in [-0.15, -0.1) is 0 Å². The molecule has 332 valence electrons. The summed E-state index contributed by atoms with van der Waals surface area (Å²) in [7, 11) is 0. The maximum atomic E-state index is 14.2. The number of allylic oxidation sites excluding steroid dienone is 2. The summed E-state index contributed by atoms with van der Waals surface area (Å²) in [5.74, 6) is 5.02. The predicted molar refractivity (Wildman–Crippen MR) is 239 cm³/mol. The molecule has 0 radical (unpaired) electrons. The van der Waals surface area contributed by atoms with Crippen LogP contribution in [-0.4, -0.2) is 76.4 Å². The number of azo groups is 1. The molecule has 9 fully saturated rings. The molecule has 1 amide bonds. The molecule has 1 heterocycles. The van der Waals surface area contributed by atoms with Gasteiger partial charge in [0.25, 0.3) is 0 Å². The van der Waals surface area contributed by atoms with Crippen LogP contribution in [0.25, 0.3) is 0 Å². The van der Waals surface area contributed by atoms with Gasteiger partial charge in [0, 0.05) is 48.2 Å². The Morgan fingerprint density at radius 3 is 1.86 bits per heavy atom. The van der Waals surface area contributed by atoms with Gasteiger partial charge >= 0.3 is 0 Å². The molecule has 8 nitrogen and oxygen atoms in total. The molecule has 1 saturated heterocycles. The second kappa shape index (κ2) is 19.6. The number of aliphatic hydroxyl groups is 1. The van der Waals surface area contributed by atoms with Gasteiger partial charge in [-0.2, -0.15) is 10.2 Å². The van der Waals surface area contributed by atoms with Crippen LogP contribution in [0.4, 0.5) is 0 Å². The number of carbonyl (C=O) groups is 1. The van der Waals surface area contributed by atoms with Gasteiger partial charge in [-0.05, 0) is 202 Å². The van der Waals surface area contributed by atoms with E-state index in [-0.39, 0.29) is 36.0 Å². The molecule has 59 heavy (non-hydrogen) atoms. The number of nitrogens with two attached hydrogens (primary N) is 1. The molecular formula is C51H86N6O2. The fourth-order valence-corrected chi connectivity index (χ4v) is 15.3. The number of fused-ring (bicyclic) bond motifs is 5. The lowest BCUT2D eigenvalue weighted by Gasteiger charge is -2.50. The topological polar surface area (TPSA) is 115 Å². The Morgan fingerprint density at radius 1 is 0.661 bits per heavy atom. The van der Waals surface area contributed by atoms with Crippen LogP contribution in [0.15, 0.2) is 22.4 Å². The van der Waals surface area contributed by atoms with Gasteiger partial charge in [-0.25, -0.2) is 0 Å². The Bertz CT molecular complexity index is 1380. The monoisotopic (exact) mass is 815 g/mol. The highest BCUT2D eigenvalue weighted by Gasteiger charge is 2.57. The van der Waals surface area contributed by atoms with Crippen molar-refractivity contribution in [2.75, 3.05) is 0 Å². The van der Waals surface area contributed by atoms with E-state index in [2.05, 4.69) is 41.5 Å². The first-order valence-electron chi connectivity index (χ1n) is 26.1. The normalized spacial score (nSPS) is 48.4. The third-order valence-electron chi connectivity index (χ3n) is 19.0. The van der Waals surface area contributed by atoms with Gasteiger partial charge in [0.15, 0.2) is 0 Å².